The van der Waals surface area contributed by atoms with E-state index in [2.05, 4.69) is 54.5 Å². The summed E-state index contributed by atoms with van der Waals surface area (Å²) in [5.74, 6) is 0.906. The van der Waals surface area contributed by atoms with Crippen molar-refractivity contribution in [3.05, 3.63) is 11.6 Å². The third-order valence-electron chi connectivity index (χ3n) is 15.0. The minimum absolute atomic E-state index is 0.0130. The lowest BCUT2D eigenvalue weighted by Gasteiger charge is -2.72. The highest BCUT2D eigenvalue weighted by atomic mass is 16.7. The van der Waals surface area contributed by atoms with Gasteiger partial charge in [0, 0.05) is 17.3 Å². The molecule has 14 atom stereocenters. The number of aliphatic hydroxyl groups excluding tert-OH is 5. The van der Waals surface area contributed by atoms with Crippen LogP contribution < -0.4 is 0 Å². The van der Waals surface area contributed by atoms with Gasteiger partial charge < -0.3 is 35.0 Å². The molecule has 0 aromatic rings. The first-order valence-corrected chi connectivity index (χ1v) is 16.8. The van der Waals surface area contributed by atoms with Crippen LogP contribution in [0.4, 0.5) is 0 Å². The van der Waals surface area contributed by atoms with Gasteiger partial charge in [0.05, 0.1) is 25.4 Å². The predicted molar refractivity (Wildman–Crippen MR) is 160 cm³/mol. The van der Waals surface area contributed by atoms with E-state index in [4.69, 9.17) is 9.47 Å². The quantitative estimate of drug-likeness (QED) is 0.241. The van der Waals surface area contributed by atoms with Crippen LogP contribution in [0, 0.1) is 50.2 Å². The fourth-order valence-electron chi connectivity index (χ4n) is 11.7. The molecular weight excluding hydrogens is 532 g/mol. The van der Waals surface area contributed by atoms with Crippen molar-refractivity contribution >= 4 is 0 Å². The minimum atomic E-state index is -1.40. The zero-order valence-electron chi connectivity index (χ0n) is 27.1. The molecule has 0 aromatic heterocycles. The van der Waals surface area contributed by atoms with E-state index in [9.17, 15) is 25.5 Å². The molecule has 5 aliphatic carbocycles. The summed E-state index contributed by atoms with van der Waals surface area (Å²) in [6.45, 7) is 16.6. The molecule has 7 heteroatoms. The van der Waals surface area contributed by atoms with E-state index >= 15 is 0 Å². The van der Waals surface area contributed by atoms with Gasteiger partial charge in [-0.25, -0.2) is 0 Å². The van der Waals surface area contributed by atoms with E-state index in [-0.39, 0.29) is 35.9 Å². The number of hydrogen-bond acceptors (Lipinski definition) is 7. The maximum atomic E-state index is 12.1. The van der Waals surface area contributed by atoms with Gasteiger partial charge in [0.25, 0.3) is 0 Å². The molecule has 0 unspecified atom stereocenters. The minimum Gasteiger partial charge on any atom is -0.396 e. The highest BCUT2D eigenvalue weighted by Crippen LogP contribution is 2.75. The number of ether oxygens (including phenoxy) is 2. The highest BCUT2D eigenvalue weighted by Gasteiger charge is 2.70. The molecule has 240 valence electrons. The molecule has 0 bridgehead atoms. The van der Waals surface area contributed by atoms with Gasteiger partial charge in [-0.3, -0.25) is 0 Å². The van der Waals surface area contributed by atoms with Gasteiger partial charge in [-0.2, -0.15) is 0 Å². The standard InChI is InChI=1S/C35H58O7/c1-30(2)12-13-31(3)14-15-33(5)20(21(31)17-30)8-9-24-34(33,6)11-10-23-32(4,19-36)26(16-25(38)35(23,24)7)42-29-28(40)27(39)22(37)18-41-29/h8,21-29,36-40H,9-19H2,1-7H3/t21-,22-,23-,24-,25+,26-,27-,28+,29-,31+,32-,33+,34+,35-/m0/s1. The van der Waals surface area contributed by atoms with Crippen LogP contribution in [0.25, 0.3) is 0 Å². The monoisotopic (exact) mass is 590 g/mol. The normalized spacial score (nSPS) is 57.2. The summed E-state index contributed by atoms with van der Waals surface area (Å²) in [7, 11) is 0. The summed E-state index contributed by atoms with van der Waals surface area (Å²) in [6.07, 6.45) is 5.88. The van der Waals surface area contributed by atoms with E-state index in [1.807, 2.05) is 0 Å². The number of hydrogen-bond donors (Lipinski definition) is 5. The topological polar surface area (TPSA) is 120 Å². The zero-order chi connectivity index (χ0) is 30.7. The van der Waals surface area contributed by atoms with Crippen molar-refractivity contribution in [1.29, 1.82) is 0 Å². The second-order valence-electron chi connectivity index (χ2n) is 17.5. The van der Waals surface area contributed by atoms with Gasteiger partial charge in [-0.05, 0) is 90.8 Å². The predicted octanol–water partition coefficient (Wildman–Crippen LogP) is 4.58. The Morgan fingerprint density at radius 3 is 2.26 bits per heavy atom. The summed E-state index contributed by atoms with van der Waals surface area (Å²) < 4.78 is 11.9. The molecule has 1 saturated heterocycles. The third-order valence-corrected chi connectivity index (χ3v) is 15.0. The van der Waals surface area contributed by atoms with Crippen molar-refractivity contribution < 1.29 is 35.0 Å². The van der Waals surface area contributed by atoms with Crippen molar-refractivity contribution in [2.45, 2.75) is 143 Å². The van der Waals surface area contributed by atoms with E-state index in [0.717, 1.165) is 19.3 Å². The smallest absolute Gasteiger partial charge is 0.186 e. The average molecular weight is 591 g/mol. The molecule has 42 heavy (non-hydrogen) atoms. The summed E-state index contributed by atoms with van der Waals surface area (Å²) >= 11 is 0. The second-order valence-corrected chi connectivity index (χ2v) is 17.5. The molecule has 0 aromatic carbocycles. The maximum Gasteiger partial charge on any atom is 0.186 e. The first kappa shape index (κ1) is 31.4. The Morgan fingerprint density at radius 1 is 0.881 bits per heavy atom. The third kappa shape index (κ3) is 4.16. The summed E-state index contributed by atoms with van der Waals surface area (Å²) in [5.41, 5.74) is 1.49. The SMILES string of the molecule is CC1(C)CC[C@]2(C)CC[C@]3(C)C(=CC[C@@H]4[C@@]5(C)[C@H](O)C[C@H](O[C@@H]6OC[C@H](O)[C@H](O)[C@H]6O)[C@@](C)(CO)[C@@H]5CC[C@]43C)[C@@H]2C1. The van der Waals surface area contributed by atoms with Crippen LogP contribution in [0.2, 0.25) is 0 Å². The van der Waals surface area contributed by atoms with Gasteiger partial charge in [-0.15, -0.1) is 0 Å². The van der Waals surface area contributed by atoms with E-state index in [0.29, 0.717) is 23.2 Å². The molecule has 7 nitrogen and oxygen atoms in total. The molecule has 6 aliphatic rings. The van der Waals surface area contributed by atoms with Crippen molar-refractivity contribution in [3.63, 3.8) is 0 Å². The van der Waals surface area contributed by atoms with Gasteiger partial charge in [0.2, 0.25) is 0 Å². The Balaban J connectivity index is 1.33. The molecule has 6 rings (SSSR count). The lowest BCUT2D eigenvalue weighted by atomic mass is 9.33. The molecule has 1 aliphatic heterocycles. The number of aliphatic hydroxyl groups is 5. The molecule has 0 radical (unpaired) electrons. The molecule has 4 saturated carbocycles. The largest absolute Gasteiger partial charge is 0.396 e. The van der Waals surface area contributed by atoms with Gasteiger partial charge >= 0.3 is 0 Å². The Morgan fingerprint density at radius 2 is 1.57 bits per heavy atom. The Kier molecular flexibility index (Phi) is 7.47. The first-order valence-electron chi connectivity index (χ1n) is 16.8. The fourth-order valence-corrected chi connectivity index (χ4v) is 11.7. The Hall–Kier alpha value is -0.540. The van der Waals surface area contributed by atoms with Crippen molar-refractivity contribution in [2.24, 2.45) is 50.2 Å². The van der Waals surface area contributed by atoms with Crippen LogP contribution in [0.3, 0.4) is 0 Å². The van der Waals surface area contributed by atoms with Crippen LogP contribution >= 0.6 is 0 Å². The molecule has 0 amide bonds. The number of fused-ring (bicyclic) bond motifs is 7. The first-order chi connectivity index (χ1) is 19.5. The van der Waals surface area contributed by atoms with Crippen LogP contribution in [0.1, 0.15) is 106 Å². The second kappa shape index (κ2) is 9.98. The van der Waals surface area contributed by atoms with Crippen LogP contribution in [-0.2, 0) is 9.47 Å². The summed E-state index contributed by atoms with van der Waals surface area (Å²) in [6, 6.07) is 0. The van der Waals surface area contributed by atoms with E-state index in [1.54, 1.807) is 5.57 Å². The van der Waals surface area contributed by atoms with Crippen LogP contribution in [0.15, 0.2) is 11.6 Å². The van der Waals surface area contributed by atoms with Crippen molar-refractivity contribution in [2.75, 3.05) is 13.2 Å². The Bertz CT molecular complexity index is 1090. The molecule has 5 N–H and O–H groups in total. The van der Waals surface area contributed by atoms with Crippen LogP contribution in [-0.4, -0.2) is 75.6 Å². The number of rotatable bonds is 3. The van der Waals surface area contributed by atoms with Gasteiger partial charge in [0.15, 0.2) is 6.29 Å². The summed E-state index contributed by atoms with van der Waals surface area (Å²) in [4.78, 5) is 0. The van der Waals surface area contributed by atoms with E-state index < -0.39 is 47.6 Å². The molecule has 1 heterocycles. The van der Waals surface area contributed by atoms with Crippen molar-refractivity contribution in [1.82, 2.24) is 0 Å². The van der Waals surface area contributed by atoms with Crippen LogP contribution in [0.5, 0.6) is 0 Å². The van der Waals surface area contributed by atoms with Gasteiger partial charge in [-0.1, -0.05) is 60.1 Å². The average Bonchev–Trinajstić information content (AvgIpc) is 2.93. The lowest BCUT2D eigenvalue weighted by Crippen LogP contribution is -2.70. The number of allylic oxidation sites excluding steroid dienone is 2. The molecular formula is C35H58O7. The van der Waals surface area contributed by atoms with E-state index in [1.165, 1.54) is 32.1 Å². The molecule has 0 spiro atoms. The lowest BCUT2D eigenvalue weighted by molar-refractivity contribution is -0.323. The van der Waals surface area contributed by atoms with Gasteiger partial charge in [0.1, 0.15) is 18.3 Å². The summed E-state index contributed by atoms with van der Waals surface area (Å²) in [5, 5.41) is 53.9. The molecule has 5 fully saturated rings. The zero-order valence-corrected chi connectivity index (χ0v) is 27.1. The highest BCUT2D eigenvalue weighted by molar-refractivity contribution is 5.34. The van der Waals surface area contributed by atoms with Crippen molar-refractivity contribution in [3.8, 4) is 0 Å². The fraction of sp³-hybridized carbons (Fsp3) is 0.943. The maximum absolute atomic E-state index is 12.1. The Labute approximate surface area is 253 Å².